The van der Waals surface area contributed by atoms with Crippen LogP contribution in [0.3, 0.4) is 0 Å². The second kappa shape index (κ2) is 19.0. The summed E-state index contributed by atoms with van der Waals surface area (Å²) in [4.78, 5) is 2.48. The van der Waals surface area contributed by atoms with Gasteiger partial charge in [0, 0.05) is 16.8 Å². The largest absolute Gasteiger partial charge is 0.310 e. The van der Waals surface area contributed by atoms with Crippen molar-refractivity contribution in [1.29, 1.82) is 0 Å². The molecule has 72 heavy (non-hydrogen) atoms. The van der Waals surface area contributed by atoms with Crippen LogP contribution in [-0.2, 0) is 12.8 Å². The Balaban J connectivity index is 0.994. The van der Waals surface area contributed by atoms with Gasteiger partial charge in [0.2, 0.25) is 0 Å². The van der Waals surface area contributed by atoms with E-state index in [1.807, 2.05) is 0 Å². The van der Waals surface area contributed by atoms with Gasteiger partial charge in [-0.2, -0.15) is 0 Å². The Hall–Kier alpha value is -8.52. The van der Waals surface area contributed by atoms with Crippen molar-refractivity contribution >= 4 is 49.4 Å². The third kappa shape index (κ3) is 8.84. The lowest BCUT2D eigenvalue weighted by atomic mass is 9.83. The molecular weight excluding hydrogens is 867 g/mol. The van der Waals surface area contributed by atoms with Crippen molar-refractivity contribution in [2.45, 2.75) is 46.5 Å². The molecule has 0 fully saturated rings. The van der Waals surface area contributed by atoms with Crippen LogP contribution in [0.5, 0.6) is 0 Å². The molecule has 0 aliphatic heterocycles. The maximum atomic E-state index is 2.48. The summed E-state index contributed by atoms with van der Waals surface area (Å²) < 4.78 is 0. The number of benzene rings is 12. The van der Waals surface area contributed by atoms with E-state index >= 15 is 0 Å². The standard InChI is InChI=1S/C71H57N/c1-47-15-23-53(24-16-47)61-40-51(41-62(43-61)54-25-17-48(2)18-26-54)39-60(52-11-7-5-8-12-52)42-59-32-31-57-34-37-68-69(38-35-58-33-36-67(59)70(57)71(58)68)72(65-13-9-6-10-14-65)66-45-63(55-27-19-49(3)20-28-55)44-64(46-66)56-29-21-50(4)22-30-56/h5-38,40-41,43-46,60H,39,42H2,1-4H3. The fraction of sp³-hybridized carbons (Fsp3) is 0.0986. The molecular formula is C71H57N. The molecule has 12 aromatic carbocycles. The number of hydrogen-bond donors (Lipinski definition) is 0. The summed E-state index contributed by atoms with van der Waals surface area (Å²) in [6.07, 6.45) is 1.82. The first kappa shape index (κ1) is 44.7. The van der Waals surface area contributed by atoms with Gasteiger partial charge in [0.05, 0.1) is 5.69 Å². The van der Waals surface area contributed by atoms with E-state index in [0.29, 0.717) is 0 Å². The van der Waals surface area contributed by atoms with Crippen LogP contribution in [0, 0.1) is 27.7 Å². The molecule has 346 valence electrons. The van der Waals surface area contributed by atoms with E-state index in [0.717, 1.165) is 29.9 Å². The minimum absolute atomic E-state index is 0.247. The van der Waals surface area contributed by atoms with Gasteiger partial charge in [-0.05, 0) is 177 Å². The molecule has 12 rings (SSSR count). The van der Waals surface area contributed by atoms with Crippen LogP contribution in [0.15, 0.2) is 243 Å². The summed E-state index contributed by atoms with van der Waals surface area (Å²) in [5.74, 6) is 0.247. The fourth-order valence-electron chi connectivity index (χ4n) is 11.0. The third-order valence-corrected chi connectivity index (χ3v) is 14.9. The Morgan fingerprint density at radius 3 is 1.24 bits per heavy atom. The number of anilines is 3. The lowest BCUT2D eigenvalue weighted by Crippen LogP contribution is -2.11. The van der Waals surface area contributed by atoms with Crippen molar-refractivity contribution in [3.8, 4) is 44.5 Å². The smallest absolute Gasteiger partial charge is 0.0540 e. The molecule has 12 aromatic rings. The van der Waals surface area contributed by atoms with Crippen LogP contribution in [0.25, 0.3) is 76.8 Å². The normalized spacial score (nSPS) is 11.9. The van der Waals surface area contributed by atoms with Gasteiger partial charge in [-0.3, -0.25) is 0 Å². The third-order valence-electron chi connectivity index (χ3n) is 14.9. The summed E-state index contributed by atoms with van der Waals surface area (Å²) in [5, 5.41) is 7.72. The summed E-state index contributed by atoms with van der Waals surface area (Å²) in [6.45, 7) is 8.63. The van der Waals surface area contributed by atoms with Crippen LogP contribution >= 0.6 is 0 Å². The summed E-state index contributed by atoms with van der Waals surface area (Å²) >= 11 is 0. The molecule has 1 atom stereocenters. The van der Waals surface area contributed by atoms with Gasteiger partial charge in [0.15, 0.2) is 0 Å². The number of rotatable bonds is 12. The van der Waals surface area contributed by atoms with Gasteiger partial charge in [0.1, 0.15) is 0 Å². The number of aryl methyl sites for hydroxylation is 4. The van der Waals surface area contributed by atoms with Gasteiger partial charge in [-0.15, -0.1) is 0 Å². The Kier molecular flexibility index (Phi) is 11.8. The topological polar surface area (TPSA) is 3.24 Å². The molecule has 1 heteroatoms. The predicted molar refractivity (Wildman–Crippen MR) is 309 cm³/mol. The zero-order valence-electron chi connectivity index (χ0n) is 41.5. The summed E-state index contributed by atoms with van der Waals surface area (Å²) in [7, 11) is 0. The molecule has 0 heterocycles. The second-order valence-corrected chi connectivity index (χ2v) is 20.1. The van der Waals surface area contributed by atoms with Crippen molar-refractivity contribution in [2.75, 3.05) is 4.90 Å². The average molecular weight is 924 g/mol. The molecule has 0 N–H and O–H groups in total. The van der Waals surface area contributed by atoms with Crippen molar-refractivity contribution in [2.24, 2.45) is 0 Å². The van der Waals surface area contributed by atoms with Crippen LogP contribution in [0.2, 0.25) is 0 Å². The van der Waals surface area contributed by atoms with Gasteiger partial charge in [-0.25, -0.2) is 0 Å². The highest BCUT2D eigenvalue weighted by molar-refractivity contribution is 6.26. The van der Waals surface area contributed by atoms with E-state index in [2.05, 4.69) is 275 Å². The molecule has 1 unspecified atom stereocenters. The van der Waals surface area contributed by atoms with Crippen molar-refractivity contribution in [3.05, 3.63) is 282 Å². The highest BCUT2D eigenvalue weighted by Crippen LogP contribution is 2.46. The van der Waals surface area contributed by atoms with Crippen molar-refractivity contribution < 1.29 is 0 Å². The molecule has 0 aliphatic rings. The first-order valence-corrected chi connectivity index (χ1v) is 25.4. The van der Waals surface area contributed by atoms with E-state index in [4.69, 9.17) is 0 Å². The zero-order valence-corrected chi connectivity index (χ0v) is 41.5. The Bertz CT molecular complexity index is 3720. The van der Waals surface area contributed by atoms with E-state index < -0.39 is 0 Å². The summed E-state index contributed by atoms with van der Waals surface area (Å²) in [5.41, 5.74) is 22.3. The molecule has 0 bridgehead atoms. The molecule has 0 radical (unpaired) electrons. The van der Waals surface area contributed by atoms with Crippen molar-refractivity contribution in [3.63, 3.8) is 0 Å². The van der Waals surface area contributed by atoms with E-state index in [1.165, 1.54) is 116 Å². The highest BCUT2D eigenvalue weighted by Gasteiger charge is 2.23. The molecule has 0 amide bonds. The first-order chi connectivity index (χ1) is 35.3. The van der Waals surface area contributed by atoms with Gasteiger partial charge >= 0.3 is 0 Å². The molecule has 0 saturated carbocycles. The predicted octanol–water partition coefficient (Wildman–Crippen LogP) is 19.5. The zero-order chi connectivity index (χ0) is 48.7. The van der Waals surface area contributed by atoms with Crippen molar-refractivity contribution in [1.82, 2.24) is 0 Å². The van der Waals surface area contributed by atoms with E-state index in [9.17, 15) is 0 Å². The minimum Gasteiger partial charge on any atom is -0.310 e. The fourth-order valence-corrected chi connectivity index (χ4v) is 11.0. The molecule has 1 nitrogen and oxygen atoms in total. The quantitative estimate of drug-likeness (QED) is 0.110. The van der Waals surface area contributed by atoms with Crippen LogP contribution in [0.1, 0.15) is 44.9 Å². The Morgan fingerprint density at radius 1 is 0.319 bits per heavy atom. The lowest BCUT2D eigenvalue weighted by Gasteiger charge is -2.29. The van der Waals surface area contributed by atoms with Crippen LogP contribution in [-0.4, -0.2) is 0 Å². The van der Waals surface area contributed by atoms with Gasteiger partial charge in [0.25, 0.3) is 0 Å². The molecule has 0 aromatic heterocycles. The average Bonchev–Trinajstić information content (AvgIpc) is 3.42. The molecule has 0 saturated heterocycles. The second-order valence-electron chi connectivity index (χ2n) is 20.1. The summed E-state index contributed by atoms with van der Waals surface area (Å²) in [6, 6.07) is 91.1. The van der Waals surface area contributed by atoms with Crippen LogP contribution in [0.4, 0.5) is 17.1 Å². The SMILES string of the molecule is Cc1ccc(-c2cc(CC(Cc3ccc4ccc5c(N(c6ccccc6)c6cc(-c7ccc(C)cc7)cc(-c7ccc(C)cc7)c6)ccc6ccc3c4c65)c3ccccc3)cc(-c3ccc(C)cc3)c2)cc1. The van der Waals surface area contributed by atoms with Gasteiger partial charge in [-0.1, -0.05) is 222 Å². The van der Waals surface area contributed by atoms with Crippen LogP contribution < -0.4 is 4.90 Å². The van der Waals surface area contributed by atoms with E-state index in [1.54, 1.807) is 0 Å². The number of hydrogen-bond acceptors (Lipinski definition) is 1. The number of para-hydroxylation sites is 1. The Labute approximate surface area is 424 Å². The minimum atomic E-state index is 0.247. The molecule has 0 spiro atoms. The van der Waals surface area contributed by atoms with E-state index in [-0.39, 0.29) is 5.92 Å². The highest BCUT2D eigenvalue weighted by atomic mass is 15.1. The van der Waals surface area contributed by atoms with Gasteiger partial charge < -0.3 is 4.90 Å². The lowest BCUT2D eigenvalue weighted by molar-refractivity contribution is 0.683. The maximum Gasteiger partial charge on any atom is 0.0540 e. The monoisotopic (exact) mass is 923 g/mol. The first-order valence-electron chi connectivity index (χ1n) is 25.4. The molecule has 0 aliphatic carbocycles. The number of nitrogens with zero attached hydrogens (tertiary/aromatic N) is 1. The maximum absolute atomic E-state index is 2.48. The Morgan fingerprint density at radius 2 is 0.736 bits per heavy atom.